The second kappa shape index (κ2) is 12.5. The number of carbonyl (C=O) groups excluding carboxylic acids is 1. The second-order valence-corrected chi connectivity index (χ2v) is 7.47. The Kier molecular flexibility index (Phi) is 11.2. The van der Waals surface area contributed by atoms with Crippen molar-refractivity contribution in [3.63, 3.8) is 0 Å². The van der Waals surface area contributed by atoms with Gasteiger partial charge in [-0.15, -0.1) is 24.0 Å². The lowest BCUT2D eigenvalue weighted by atomic mass is 9.97. The number of nitrogens with zero attached hydrogens (tertiary/aromatic N) is 1. The van der Waals surface area contributed by atoms with Crippen LogP contribution < -0.4 is 16.0 Å². The van der Waals surface area contributed by atoms with Crippen LogP contribution in [-0.2, 0) is 11.2 Å². The standard InChI is InChI=1S/C19H29BrN4O.HI/c1-3-14(11-15-5-4-6-17(20)12-15)13-24-19(21-2)23-10-9-22-18(25)16-7-8-16;/h4-6,12,14,16H,3,7-11,13H2,1-2H3,(H,22,25)(H2,21,23,24);1H. The number of nitrogens with one attached hydrogen (secondary N) is 3. The average Bonchev–Trinajstić information content (AvgIpc) is 3.45. The minimum atomic E-state index is 0. The lowest BCUT2D eigenvalue weighted by molar-refractivity contribution is -0.122. The molecule has 1 amide bonds. The van der Waals surface area contributed by atoms with Gasteiger partial charge in [0.1, 0.15) is 0 Å². The molecule has 146 valence electrons. The van der Waals surface area contributed by atoms with Crippen molar-refractivity contribution in [3.8, 4) is 0 Å². The molecule has 1 atom stereocenters. The fraction of sp³-hybridized carbons (Fsp3) is 0.579. The van der Waals surface area contributed by atoms with E-state index < -0.39 is 0 Å². The Bertz CT molecular complexity index is 593. The van der Waals surface area contributed by atoms with Gasteiger partial charge in [0.05, 0.1) is 0 Å². The molecular formula is C19H30BrIN4O. The SMILES string of the molecule is CCC(CNC(=NC)NCCNC(=O)C1CC1)Cc1cccc(Br)c1.I. The zero-order valence-corrected chi connectivity index (χ0v) is 19.5. The summed E-state index contributed by atoms with van der Waals surface area (Å²) in [6, 6.07) is 8.48. The normalized spacial score (nSPS) is 15.0. The van der Waals surface area contributed by atoms with Gasteiger partial charge >= 0.3 is 0 Å². The molecule has 0 radical (unpaired) electrons. The third kappa shape index (κ3) is 8.70. The quantitative estimate of drug-likeness (QED) is 0.196. The largest absolute Gasteiger partial charge is 0.356 e. The van der Waals surface area contributed by atoms with Crippen molar-refractivity contribution in [3.05, 3.63) is 34.3 Å². The summed E-state index contributed by atoms with van der Waals surface area (Å²) in [6.45, 7) is 4.40. The molecule has 1 aliphatic carbocycles. The summed E-state index contributed by atoms with van der Waals surface area (Å²) in [6.07, 6.45) is 4.23. The topological polar surface area (TPSA) is 65.5 Å². The predicted octanol–water partition coefficient (Wildman–Crippen LogP) is 3.33. The number of hydrogen-bond acceptors (Lipinski definition) is 2. The Morgan fingerprint density at radius 3 is 2.62 bits per heavy atom. The predicted molar refractivity (Wildman–Crippen MR) is 122 cm³/mol. The van der Waals surface area contributed by atoms with Crippen LogP contribution in [0.1, 0.15) is 31.7 Å². The average molecular weight is 537 g/mol. The van der Waals surface area contributed by atoms with Crippen LogP contribution in [0.25, 0.3) is 0 Å². The number of amides is 1. The van der Waals surface area contributed by atoms with E-state index >= 15 is 0 Å². The maximum Gasteiger partial charge on any atom is 0.223 e. The van der Waals surface area contributed by atoms with Crippen molar-refractivity contribution in [1.82, 2.24) is 16.0 Å². The van der Waals surface area contributed by atoms with E-state index in [9.17, 15) is 4.79 Å². The fourth-order valence-electron chi connectivity index (χ4n) is 2.68. The third-order valence-electron chi connectivity index (χ3n) is 4.44. The van der Waals surface area contributed by atoms with Crippen LogP contribution >= 0.6 is 39.9 Å². The molecule has 3 N–H and O–H groups in total. The number of guanidine groups is 1. The Morgan fingerprint density at radius 1 is 1.27 bits per heavy atom. The van der Waals surface area contributed by atoms with Crippen LogP contribution in [0.3, 0.4) is 0 Å². The monoisotopic (exact) mass is 536 g/mol. The highest BCUT2D eigenvalue weighted by atomic mass is 127. The van der Waals surface area contributed by atoms with E-state index in [4.69, 9.17) is 0 Å². The van der Waals surface area contributed by atoms with E-state index in [0.717, 1.165) is 42.7 Å². The maximum absolute atomic E-state index is 11.6. The van der Waals surface area contributed by atoms with Gasteiger partial charge in [-0.05, 0) is 42.9 Å². The molecule has 0 bridgehead atoms. The molecule has 0 saturated heterocycles. The zero-order valence-electron chi connectivity index (χ0n) is 15.6. The van der Waals surface area contributed by atoms with Gasteiger partial charge in [0.2, 0.25) is 5.91 Å². The lowest BCUT2D eigenvalue weighted by Gasteiger charge is -2.18. The van der Waals surface area contributed by atoms with E-state index in [1.54, 1.807) is 7.05 Å². The van der Waals surface area contributed by atoms with Gasteiger partial charge in [-0.1, -0.05) is 41.4 Å². The maximum atomic E-state index is 11.6. The summed E-state index contributed by atoms with van der Waals surface area (Å²) >= 11 is 3.53. The first-order valence-electron chi connectivity index (χ1n) is 9.09. The molecule has 0 aliphatic heterocycles. The summed E-state index contributed by atoms with van der Waals surface area (Å²) in [7, 11) is 1.77. The number of benzene rings is 1. The van der Waals surface area contributed by atoms with Crippen LogP contribution in [0.15, 0.2) is 33.7 Å². The molecule has 26 heavy (non-hydrogen) atoms. The number of carbonyl (C=O) groups is 1. The Balaban J connectivity index is 0.00000338. The molecule has 1 unspecified atom stereocenters. The van der Waals surface area contributed by atoms with E-state index in [1.165, 1.54) is 5.56 Å². The van der Waals surface area contributed by atoms with Crippen LogP contribution in [0.4, 0.5) is 0 Å². The van der Waals surface area contributed by atoms with Gasteiger partial charge in [0.25, 0.3) is 0 Å². The molecule has 0 aromatic heterocycles. The van der Waals surface area contributed by atoms with E-state index in [-0.39, 0.29) is 35.8 Å². The molecule has 5 nitrogen and oxygen atoms in total. The van der Waals surface area contributed by atoms with Crippen LogP contribution in [-0.4, -0.2) is 38.5 Å². The van der Waals surface area contributed by atoms with Crippen LogP contribution in [0.5, 0.6) is 0 Å². The second-order valence-electron chi connectivity index (χ2n) is 6.55. The highest BCUT2D eigenvalue weighted by Gasteiger charge is 2.28. The highest BCUT2D eigenvalue weighted by molar-refractivity contribution is 14.0. The Labute approximate surface area is 182 Å². The van der Waals surface area contributed by atoms with Crippen LogP contribution in [0, 0.1) is 11.8 Å². The van der Waals surface area contributed by atoms with Crippen molar-refractivity contribution in [2.24, 2.45) is 16.8 Å². The molecule has 2 rings (SSSR count). The fourth-order valence-corrected chi connectivity index (χ4v) is 3.12. The molecule has 7 heteroatoms. The van der Waals surface area contributed by atoms with Crippen LogP contribution in [0.2, 0.25) is 0 Å². The van der Waals surface area contributed by atoms with Crippen molar-refractivity contribution in [2.75, 3.05) is 26.7 Å². The minimum absolute atomic E-state index is 0. The summed E-state index contributed by atoms with van der Waals surface area (Å²) in [5, 5.41) is 9.60. The zero-order chi connectivity index (χ0) is 18.1. The first-order valence-corrected chi connectivity index (χ1v) is 9.88. The summed E-state index contributed by atoms with van der Waals surface area (Å²) in [5.74, 6) is 1.78. The van der Waals surface area contributed by atoms with Crippen molar-refractivity contribution in [1.29, 1.82) is 0 Å². The molecule has 1 aliphatic rings. The molecule has 1 aromatic rings. The molecule has 1 aromatic carbocycles. The van der Waals surface area contributed by atoms with Gasteiger partial charge in [-0.25, -0.2) is 0 Å². The minimum Gasteiger partial charge on any atom is -0.356 e. The molecule has 1 fully saturated rings. The van der Waals surface area contributed by atoms with Crippen molar-refractivity contribution in [2.45, 2.75) is 32.6 Å². The lowest BCUT2D eigenvalue weighted by Crippen LogP contribution is -2.43. The van der Waals surface area contributed by atoms with E-state index in [2.05, 4.69) is 68.1 Å². The smallest absolute Gasteiger partial charge is 0.223 e. The van der Waals surface area contributed by atoms with Crippen molar-refractivity contribution < 1.29 is 4.79 Å². The number of halogens is 2. The summed E-state index contributed by atoms with van der Waals surface area (Å²) in [4.78, 5) is 15.8. The third-order valence-corrected chi connectivity index (χ3v) is 4.93. The van der Waals surface area contributed by atoms with Crippen molar-refractivity contribution >= 4 is 51.8 Å². The molecule has 0 spiro atoms. The Hall–Kier alpha value is -0.830. The summed E-state index contributed by atoms with van der Waals surface area (Å²) in [5.41, 5.74) is 1.34. The van der Waals surface area contributed by atoms with Gasteiger partial charge in [0.15, 0.2) is 5.96 Å². The number of aliphatic imine (C=N–C) groups is 1. The van der Waals surface area contributed by atoms with E-state index in [0.29, 0.717) is 19.0 Å². The van der Waals surface area contributed by atoms with Gasteiger partial charge in [-0.3, -0.25) is 9.79 Å². The highest BCUT2D eigenvalue weighted by Crippen LogP contribution is 2.28. The number of rotatable bonds is 9. The van der Waals surface area contributed by atoms with Gasteiger partial charge in [-0.2, -0.15) is 0 Å². The van der Waals surface area contributed by atoms with Gasteiger partial charge < -0.3 is 16.0 Å². The first-order chi connectivity index (χ1) is 12.1. The molecule has 1 saturated carbocycles. The first kappa shape index (κ1) is 23.2. The Morgan fingerprint density at radius 2 is 2.00 bits per heavy atom. The molecular weight excluding hydrogens is 507 g/mol. The van der Waals surface area contributed by atoms with E-state index in [1.807, 2.05) is 0 Å². The van der Waals surface area contributed by atoms with Gasteiger partial charge in [0, 0.05) is 37.1 Å². The summed E-state index contributed by atoms with van der Waals surface area (Å²) < 4.78 is 1.12. The molecule has 0 heterocycles. The number of hydrogen-bond donors (Lipinski definition) is 3.